The number of nitrogens with one attached hydrogen (secondary N) is 3. The van der Waals surface area contributed by atoms with Crippen LogP contribution < -0.4 is 16.0 Å². The summed E-state index contributed by atoms with van der Waals surface area (Å²) in [5.41, 5.74) is -2.35. The number of carbonyl (C=O) groups excluding carboxylic acids is 4. The van der Waals surface area contributed by atoms with Gasteiger partial charge in [0.2, 0.25) is 17.7 Å². The molecule has 0 aromatic heterocycles. The van der Waals surface area contributed by atoms with E-state index in [1.807, 2.05) is 27.7 Å². The van der Waals surface area contributed by atoms with Crippen molar-refractivity contribution in [3.63, 3.8) is 0 Å². The van der Waals surface area contributed by atoms with Crippen molar-refractivity contribution < 1.29 is 23.9 Å². The monoisotopic (exact) mass is 464 g/mol. The van der Waals surface area contributed by atoms with Gasteiger partial charge >= 0.3 is 6.09 Å². The molecule has 0 aromatic rings. The lowest BCUT2D eigenvalue weighted by atomic mass is 9.85. The molecule has 9 nitrogen and oxygen atoms in total. The number of alkyl carbamates (subject to hydrolysis) is 1. The van der Waals surface area contributed by atoms with Gasteiger partial charge in [-0.25, -0.2) is 4.79 Å². The summed E-state index contributed by atoms with van der Waals surface area (Å²) in [7, 11) is 1.53. The smallest absolute Gasteiger partial charge is 0.408 e. The minimum Gasteiger partial charge on any atom is -0.444 e. The maximum Gasteiger partial charge on any atom is 0.408 e. The fraction of sp³-hybridized carbons (Fsp3) is 0.750. The maximum atomic E-state index is 13.6. The van der Waals surface area contributed by atoms with E-state index in [0.29, 0.717) is 19.4 Å². The third-order valence-electron chi connectivity index (χ3n) is 6.15. The normalized spacial score (nSPS) is 27.9. The molecule has 33 heavy (non-hydrogen) atoms. The Bertz CT molecular complexity index is 813. The van der Waals surface area contributed by atoms with Crippen LogP contribution in [0.5, 0.6) is 0 Å². The molecule has 1 aliphatic carbocycles. The number of likely N-dealkylation sites (N-methyl/N-ethyl adjacent to an activating group) is 1. The summed E-state index contributed by atoms with van der Waals surface area (Å²) in [5, 5.41) is 8.20. The van der Waals surface area contributed by atoms with E-state index < -0.39 is 34.7 Å². The highest BCUT2D eigenvalue weighted by atomic mass is 16.6. The van der Waals surface area contributed by atoms with Crippen LogP contribution in [0.2, 0.25) is 0 Å². The minimum absolute atomic E-state index is 0.0946. The molecule has 2 fully saturated rings. The Hall–Kier alpha value is -2.58. The quantitative estimate of drug-likeness (QED) is 0.520. The Labute approximate surface area is 197 Å². The van der Waals surface area contributed by atoms with Crippen molar-refractivity contribution in [2.24, 2.45) is 17.3 Å². The third-order valence-corrected chi connectivity index (χ3v) is 6.15. The van der Waals surface area contributed by atoms with Crippen LogP contribution in [0.4, 0.5) is 4.79 Å². The molecule has 5 atom stereocenters. The van der Waals surface area contributed by atoms with Crippen LogP contribution >= 0.6 is 0 Å². The van der Waals surface area contributed by atoms with E-state index in [1.54, 1.807) is 26.8 Å². The number of hydrogen-bond acceptors (Lipinski definition) is 5. The van der Waals surface area contributed by atoms with Crippen LogP contribution in [0, 0.1) is 17.3 Å². The largest absolute Gasteiger partial charge is 0.444 e. The third kappa shape index (κ3) is 6.06. The second-order valence-electron chi connectivity index (χ2n) is 11.4. The van der Waals surface area contributed by atoms with Crippen molar-refractivity contribution in [3.8, 4) is 0 Å². The van der Waals surface area contributed by atoms with Crippen LogP contribution in [-0.2, 0) is 19.1 Å². The van der Waals surface area contributed by atoms with Crippen molar-refractivity contribution >= 4 is 23.8 Å². The van der Waals surface area contributed by atoms with E-state index in [0.717, 1.165) is 0 Å². The molecule has 186 valence electrons. The van der Waals surface area contributed by atoms with Gasteiger partial charge in [-0.3, -0.25) is 14.4 Å². The molecule has 2 rings (SSSR count). The molecule has 1 heterocycles. The van der Waals surface area contributed by atoms with Gasteiger partial charge in [-0.1, -0.05) is 33.8 Å². The number of hydrogen-bond donors (Lipinski definition) is 3. The van der Waals surface area contributed by atoms with Gasteiger partial charge in [0.1, 0.15) is 23.2 Å². The van der Waals surface area contributed by atoms with Gasteiger partial charge in [0.25, 0.3) is 0 Å². The zero-order chi connectivity index (χ0) is 25.4. The molecule has 4 amide bonds. The number of likely N-dealkylation sites (tertiary alicyclic amines) is 1. The lowest BCUT2D eigenvalue weighted by Gasteiger charge is -2.36. The zero-order valence-corrected chi connectivity index (χ0v) is 21.2. The molecule has 0 radical (unpaired) electrons. The predicted molar refractivity (Wildman–Crippen MR) is 125 cm³/mol. The van der Waals surface area contributed by atoms with Crippen LogP contribution in [0.1, 0.15) is 61.3 Å². The first kappa shape index (κ1) is 26.7. The molecule has 0 bridgehead atoms. The summed E-state index contributed by atoms with van der Waals surface area (Å²) in [6, 6.07) is -1.62. The van der Waals surface area contributed by atoms with Gasteiger partial charge in [0.05, 0.1) is 0 Å². The Morgan fingerprint density at radius 1 is 1.15 bits per heavy atom. The Morgan fingerprint density at radius 2 is 1.76 bits per heavy atom. The molecule has 2 aliphatic rings. The van der Waals surface area contributed by atoms with Crippen molar-refractivity contribution in [2.75, 3.05) is 13.6 Å². The SMILES string of the molecule is C=CC1C[C@]1(NC(=O)[C@@H]1C[C@@H](C)CN1C(=O)[C@@H](NC(=O)OC(C)(C)C)C(C)(C)C)C(=O)NC. The summed E-state index contributed by atoms with van der Waals surface area (Å²) in [4.78, 5) is 53.3. The van der Waals surface area contributed by atoms with Gasteiger partial charge < -0.3 is 25.6 Å². The molecule has 1 unspecified atom stereocenters. The number of carbonyl (C=O) groups is 4. The highest BCUT2D eigenvalue weighted by molar-refractivity contribution is 5.98. The second-order valence-corrected chi connectivity index (χ2v) is 11.4. The lowest BCUT2D eigenvalue weighted by molar-refractivity contribution is -0.143. The molecule has 0 aromatic carbocycles. The van der Waals surface area contributed by atoms with E-state index in [2.05, 4.69) is 22.5 Å². The van der Waals surface area contributed by atoms with Crippen LogP contribution in [0.15, 0.2) is 12.7 Å². The first-order valence-electron chi connectivity index (χ1n) is 11.5. The average Bonchev–Trinajstić information content (AvgIpc) is 3.25. The predicted octanol–water partition coefficient (Wildman–Crippen LogP) is 1.97. The summed E-state index contributed by atoms with van der Waals surface area (Å²) in [5.74, 6) is -1.05. The summed E-state index contributed by atoms with van der Waals surface area (Å²) in [6.07, 6.45) is 1.93. The first-order chi connectivity index (χ1) is 15.1. The van der Waals surface area contributed by atoms with Crippen molar-refractivity contribution in [2.45, 2.75) is 84.5 Å². The summed E-state index contributed by atoms with van der Waals surface area (Å²) in [6.45, 7) is 16.9. The summed E-state index contributed by atoms with van der Waals surface area (Å²) < 4.78 is 5.35. The van der Waals surface area contributed by atoms with Gasteiger partial charge in [0, 0.05) is 19.5 Å². The molecular weight excluding hydrogens is 424 g/mol. The Morgan fingerprint density at radius 3 is 2.21 bits per heavy atom. The average molecular weight is 465 g/mol. The van der Waals surface area contributed by atoms with Gasteiger partial charge in [-0.05, 0) is 44.9 Å². The molecular formula is C24H40N4O5. The van der Waals surface area contributed by atoms with Crippen molar-refractivity contribution in [3.05, 3.63) is 12.7 Å². The Balaban J connectivity index is 2.23. The first-order valence-corrected chi connectivity index (χ1v) is 11.5. The number of ether oxygens (including phenoxy) is 1. The number of amides is 4. The summed E-state index contributed by atoms with van der Waals surface area (Å²) >= 11 is 0. The molecule has 1 saturated carbocycles. The van der Waals surface area contributed by atoms with Crippen molar-refractivity contribution in [1.82, 2.24) is 20.9 Å². The van der Waals surface area contributed by atoms with Gasteiger partial charge in [-0.2, -0.15) is 0 Å². The van der Waals surface area contributed by atoms with Gasteiger partial charge in [0.15, 0.2) is 0 Å². The molecule has 1 aliphatic heterocycles. The van der Waals surface area contributed by atoms with Gasteiger partial charge in [-0.15, -0.1) is 6.58 Å². The van der Waals surface area contributed by atoms with Crippen LogP contribution in [-0.4, -0.2) is 65.5 Å². The van der Waals surface area contributed by atoms with E-state index in [-0.39, 0.29) is 29.6 Å². The maximum absolute atomic E-state index is 13.6. The Kier molecular flexibility index (Phi) is 7.55. The van der Waals surface area contributed by atoms with E-state index >= 15 is 0 Å². The highest BCUT2D eigenvalue weighted by Gasteiger charge is 2.60. The number of rotatable bonds is 6. The van der Waals surface area contributed by atoms with Crippen LogP contribution in [0.25, 0.3) is 0 Å². The molecule has 3 N–H and O–H groups in total. The van der Waals surface area contributed by atoms with Crippen molar-refractivity contribution in [1.29, 1.82) is 0 Å². The minimum atomic E-state index is -1.02. The zero-order valence-electron chi connectivity index (χ0n) is 21.2. The van der Waals surface area contributed by atoms with E-state index in [1.165, 1.54) is 11.9 Å². The second kappa shape index (κ2) is 9.35. The lowest BCUT2D eigenvalue weighted by Crippen LogP contribution is -2.60. The number of nitrogens with zero attached hydrogens (tertiary/aromatic N) is 1. The van der Waals surface area contributed by atoms with Crippen LogP contribution in [0.3, 0.4) is 0 Å². The molecule has 1 saturated heterocycles. The standard InChI is InChI=1S/C24H40N4O5/c1-10-15-12-24(15,20(31)25-9)27-18(29)16-11-14(2)13-28(16)19(30)17(22(3,4)5)26-21(32)33-23(6,7)8/h10,14-17H,1,11-13H2,2-9H3,(H,25,31)(H,26,32)(H,27,29)/t14-,15?,16+,17-,24-/m1/s1. The highest BCUT2D eigenvalue weighted by Crippen LogP contribution is 2.45. The van der Waals surface area contributed by atoms with E-state index in [4.69, 9.17) is 4.74 Å². The fourth-order valence-corrected chi connectivity index (χ4v) is 4.34. The topological polar surface area (TPSA) is 117 Å². The van der Waals surface area contributed by atoms with E-state index in [9.17, 15) is 19.2 Å². The molecule has 9 heteroatoms. The fourth-order valence-electron chi connectivity index (χ4n) is 4.34. The molecule has 0 spiro atoms.